The van der Waals surface area contributed by atoms with Gasteiger partial charge in [-0.25, -0.2) is 13.1 Å². The predicted octanol–water partition coefficient (Wildman–Crippen LogP) is 1.49. The van der Waals surface area contributed by atoms with Crippen LogP contribution in [0.4, 0.5) is 0 Å². The van der Waals surface area contributed by atoms with E-state index in [9.17, 15) is 8.42 Å². The number of nitrogens with zero attached hydrogens (tertiary/aromatic N) is 2. The SMILES string of the molecule is CCC1CCC(NC(=NC)NCCNS(=O)(=O)c2cccnc2)CC1. The molecule has 0 radical (unpaired) electrons. The van der Waals surface area contributed by atoms with Crippen LogP contribution in [-0.2, 0) is 10.0 Å². The fourth-order valence-electron chi connectivity index (χ4n) is 3.06. The van der Waals surface area contributed by atoms with E-state index in [0.29, 0.717) is 12.6 Å². The third-order valence-electron chi connectivity index (χ3n) is 4.64. The van der Waals surface area contributed by atoms with Gasteiger partial charge >= 0.3 is 0 Å². The monoisotopic (exact) mass is 367 g/mol. The molecule has 0 amide bonds. The Labute approximate surface area is 150 Å². The van der Waals surface area contributed by atoms with E-state index in [1.165, 1.54) is 31.5 Å². The molecule has 1 saturated carbocycles. The second-order valence-electron chi connectivity index (χ2n) is 6.36. The topological polar surface area (TPSA) is 95.5 Å². The van der Waals surface area contributed by atoms with E-state index in [1.807, 2.05) is 0 Å². The Morgan fingerprint density at radius 1 is 1.28 bits per heavy atom. The van der Waals surface area contributed by atoms with Crippen molar-refractivity contribution in [2.75, 3.05) is 20.1 Å². The number of sulfonamides is 1. The molecular formula is C17H29N5O2S. The zero-order chi connectivity index (χ0) is 18.1. The van der Waals surface area contributed by atoms with Gasteiger partial charge in [-0.15, -0.1) is 0 Å². The van der Waals surface area contributed by atoms with Crippen molar-refractivity contribution in [2.45, 2.75) is 50.0 Å². The van der Waals surface area contributed by atoms with E-state index in [0.717, 1.165) is 24.7 Å². The third kappa shape index (κ3) is 6.28. The molecule has 2 rings (SSSR count). The van der Waals surface area contributed by atoms with Crippen molar-refractivity contribution in [1.82, 2.24) is 20.3 Å². The van der Waals surface area contributed by atoms with Gasteiger partial charge in [0.05, 0.1) is 0 Å². The average molecular weight is 368 g/mol. The largest absolute Gasteiger partial charge is 0.355 e. The van der Waals surface area contributed by atoms with Gasteiger partial charge in [0.2, 0.25) is 10.0 Å². The first-order valence-corrected chi connectivity index (χ1v) is 10.4. The number of hydrogen-bond donors (Lipinski definition) is 3. The molecule has 0 saturated heterocycles. The third-order valence-corrected chi connectivity index (χ3v) is 6.09. The van der Waals surface area contributed by atoms with E-state index < -0.39 is 10.0 Å². The van der Waals surface area contributed by atoms with Crippen LogP contribution in [0.25, 0.3) is 0 Å². The van der Waals surface area contributed by atoms with Crippen LogP contribution < -0.4 is 15.4 Å². The molecular weight excluding hydrogens is 338 g/mol. The number of nitrogens with one attached hydrogen (secondary N) is 3. The molecule has 7 nitrogen and oxygen atoms in total. The Morgan fingerprint density at radius 2 is 2.04 bits per heavy atom. The summed E-state index contributed by atoms with van der Waals surface area (Å²) >= 11 is 0. The maximum atomic E-state index is 12.1. The Morgan fingerprint density at radius 3 is 2.64 bits per heavy atom. The van der Waals surface area contributed by atoms with Gasteiger partial charge in [0, 0.05) is 38.6 Å². The minimum absolute atomic E-state index is 0.171. The lowest BCUT2D eigenvalue weighted by Crippen LogP contribution is -2.46. The number of rotatable bonds is 7. The summed E-state index contributed by atoms with van der Waals surface area (Å²) in [5, 5.41) is 6.59. The summed E-state index contributed by atoms with van der Waals surface area (Å²) in [4.78, 5) is 8.23. The fourth-order valence-corrected chi connectivity index (χ4v) is 4.05. The van der Waals surface area contributed by atoms with Crippen molar-refractivity contribution in [3.05, 3.63) is 24.5 Å². The van der Waals surface area contributed by atoms with Crippen LogP contribution in [0.3, 0.4) is 0 Å². The number of guanidine groups is 1. The van der Waals surface area contributed by atoms with Crippen LogP contribution in [-0.4, -0.2) is 45.5 Å². The number of aromatic nitrogens is 1. The van der Waals surface area contributed by atoms with Crippen molar-refractivity contribution in [1.29, 1.82) is 0 Å². The highest BCUT2D eigenvalue weighted by Crippen LogP contribution is 2.26. The maximum Gasteiger partial charge on any atom is 0.242 e. The molecule has 1 aliphatic rings. The summed E-state index contributed by atoms with van der Waals surface area (Å²) in [6, 6.07) is 3.57. The lowest BCUT2D eigenvalue weighted by atomic mass is 9.84. The lowest BCUT2D eigenvalue weighted by Gasteiger charge is -2.29. The van der Waals surface area contributed by atoms with Crippen molar-refractivity contribution in [2.24, 2.45) is 10.9 Å². The van der Waals surface area contributed by atoms with Crippen molar-refractivity contribution < 1.29 is 8.42 Å². The van der Waals surface area contributed by atoms with E-state index in [-0.39, 0.29) is 11.4 Å². The first-order valence-electron chi connectivity index (χ1n) is 8.92. The van der Waals surface area contributed by atoms with E-state index >= 15 is 0 Å². The molecule has 0 atom stereocenters. The van der Waals surface area contributed by atoms with E-state index in [1.54, 1.807) is 19.3 Å². The van der Waals surface area contributed by atoms with Crippen LogP contribution >= 0.6 is 0 Å². The maximum absolute atomic E-state index is 12.1. The first kappa shape index (κ1) is 19.7. The zero-order valence-corrected chi connectivity index (χ0v) is 15.8. The molecule has 1 aliphatic carbocycles. The summed E-state index contributed by atoms with van der Waals surface area (Å²) in [5.74, 6) is 1.58. The highest BCUT2D eigenvalue weighted by molar-refractivity contribution is 7.89. The lowest BCUT2D eigenvalue weighted by molar-refractivity contribution is 0.304. The molecule has 1 fully saturated rings. The standard InChI is InChI=1S/C17H29N5O2S/c1-3-14-6-8-15(9-7-14)22-17(18-2)20-11-12-21-25(23,24)16-5-4-10-19-13-16/h4-5,10,13-15,21H,3,6-9,11-12H2,1-2H3,(H2,18,20,22). The summed E-state index contributed by atoms with van der Waals surface area (Å²) in [7, 11) is -1.79. The van der Waals surface area contributed by atoms with Crippen LogP contribution in [0.15, 0.2) is 34.4 Å². The average Bonchev–Trinajstić information content (AvgIpc) is 2.65. The Balaban J connectivity index is 1.71. The highest BCUT2D eigenvalue weighted by atomic mass is 32.2. The molecule has 0 unspecified atom stereocenters. The number of hydrogen-bond acceptors (Lipinski definition) is 4. The number of pyridine rings is 1. The summed E-state index contributed by atoms with van der Waals surface area (Å²) in [5.41, 5.74) is 0. The van der Waals surface area contributed by atoms with Crippen molar-refractivity contribution in [3.8, 4) is 0 Å². The molecule has 0 spiro atoms. The van der Waals surface area contributed by atoms with Crippen LogP contribution in [0.1, 0.15) is 39.0 Å². The van der Waals surface area contributed by atoms with Gasteiger partial charge < -0.3 is 10.6 Å². The van der Waals surface area contributed by atoms with Gasteiger partial charge in [0.15, 0.2) is 5.96 Å². The Hall–Kier alpha value is -1.67. The predicted molar refractivity (Wildman–Crippen MR) is 100.0 cm³/mol. The second kappa shape index (κ2) is 9.72. The quantitative estimate of drug-likeness (QED) is 0.386. The number of aliphatic imine (C=N–C) groups is 1. The smallest absolute Gasteiger partial charge is 0.242 e. The molecule has 1 aromatic heterocycles. The van der Waals surface area contributed by atoms with Gasteiger partial charge in [0.1, 0.15) is 4.90 Å². The van der Waals surface area contributed by atoms with Gasteiger partial charge in [-0.05, 0) is 43.7 Å². The molecule has 1 aromatic rings. The van der Waals surface area contributed by atoms with Crippen molar-refractivity contribution >= 4 is 16.0 Å². The minimum Gasteiger partial charge on any atom is -0.355 e. The van der Waals surface area contributed by atoms with Crippen LogP contribution in [0.5, 0.6) is 0 Å². The molecule has 3 N–H and O–H groups in total. The van der Waals surface area contributed by atoms with Gasteiger partial charge in [0.25, 0.3) is 0 Å². The second-order valence-corrected chi connectivity index (χ2v) is 8.12. The highest BCUT2D eigenvalue weighted by Gasteiger charge is 2.20. The molecule has 8 heteroatoms. The fraction of sp³-hybridized carbons (Fsp3) is 0.647. The zero-order valence-electron chi connectivity index (χ0n) is 15.0. The van der Waals surface area contributed by atoms with Crippen LogP contribution in [0.2, 0.25) is 0 Å². The summed E-state index contributed by atoms with van der Waals surface area (Å²) in [6.45, 7) is 3.00. The summed E-state index contributed by atoms with van der Waals surface area (Å²) in [6.07, 6.45) is 8.98. The first-order chi connectivity index (χ1) is 12.0. The van der Waals surface area contributed by atoms with Gasteiger partial charge in [-0.2, -0.15) is 0 Å². The van der Waals surface area contributed by atoms with Crippen molar-refractivity contribution in [3.63, 3.8) is 0 Å². The Kier molecular flexibility index (Phi) is 7.64. The molecule has 140 valence electrons. The molecule has 0 aliphatic heterocycles. The Bertz CT molecular complexity index is 640. The minimum atomic E-state index is -3.51. The van der Waals surface area contributed by atoms with E-state index in [2.05, 4.69) is 32.3 Å². The molecule has 1 heterocycles. The van der Waals surface area contributed by atoms with E-state index in [4.69, 9.17) is 0 Å². The van der Waals surface area contributed by atoms with Gasteiger partial charge in [-0.1, -0.05) is 13.3 Å². The van der Waals surface area contributed by atoms with Crippen LogP contribution in [0, 0.1) is 5.92 Å². The normalized spacial score (nSPS) is 21.8. The summed E-state index contributed by atoms with van der Waals surface area (Å²) < 4.78 is 26.8. The molecule has 0 aromatic carbocycles. The molecule has 0 bridgehead atoms. The molecule has 25 heavy (non-hydrogen) atoms. The van der Waals surface area contributed by atoms with Gasteiger partial charge in [-0.3, -0.25) is 9.98 Å².